The van der Waals surface area contributed by atoms with Crippen LogP contribution < -0.4 is 10.6 Å². The molecular formula is C93H105Fe2N15O3. The van der Waals surface area contributed by atoms with Crippen molar-refractivity contribution in [3.05, 3.63) is 350 Å². The quantitative estimate of drug-likeness (QED) is 0.0212. The Morgan fingerprint density at radius 2 is 0.584 bits per heavy atom. The van der Waals surface area contributed by atoms with Gasteiger partial charge < -0.3 is 31.9 Å². The van der Waals surface area contributed by atoms with Crippen molar-refractivity contribution < 1.29 is 51.4 Å². The van der Waals surface area contributed by atoms with Crippen LogP contribution in [0.3, 0.4) is 0 Å². The van der Waals surface area contributed by atoms with E-state index in [-0.39, 0.29) is 72.5 Å². The zero-order chi connectivity index (χ0) is 80.0. The van der Waals surface area contributed by atoms with E-state index in [1.54, 1.807) is 55.7 Å². The van der Waals surface area contributed by atoms with Crippen molar-refractivity contribution in [2.24, 2.45) is 4.99 Å². The number of aliphatic imine (C=N–C) groups is 1. The van der Waals surface area contributed by atoms with E-state index in [4.69, 9.17) is 12.8 Å². The number of anilines is 2. The fourth-order valence-corrected chi connectivity index (χ4v) is 11.1. The van der Waals surface area contributed by atoms with Crippen molar-refractivity contribution in [3.8, 4) is 36.5 Å². The monoisotopic (exact) mass is 1590 g/mol. The van der Waals surface area contributed by atoms with E-state index in [0.29, 0.717) is 62.5 Å². The van der Waals surface area contributed by atoms with E-state index >= 15 is 0 Å². The third kappa shape index (κ3) is 33.7. The number of pyridine rings is 8. The average molecular weight is 1590 g/mol. The summed E-state index contributed by atoms with van der Waals surface area (Å²) in [6, 6.07) is 62.9. The summed E-state index contributed by atoms with van der Waals surface area (Å²) in [5.74, 6) is 10.1. The van der Waals surface area contributed by atoms with Gasteiger partial charge in [-0.05, 0) is 202 Å². The smallest absolute Gasteiger partial charge is 0.652 e. The van der Waals surface area contributed by atoms with Gasteiger partial charge in [-0.25, -0.2) is 4.79 Å². The summed E-state index contributed by atoms with van der Waals surface area (Å²) in [6.45, 7) is 28.8. The first-order valence-corrected chi connectivity index (χ1v) is 37.1. The van der Waals surface area contributed by atoms with Crippen molar-refractivity contribution in [1.82, 2.24) is 39.9 Å². The molecule has 11 aromatic rings. The van der Waals surface area contributed by atoms with Crippen LogP contribution in [-0.4, -0.2) is 57.8 Å². The minimum atomic E-state index is -0.714. The van der Waals surface area contributed by atoms with Gasteiger partial charge >= 0.3 is 34.1 Å². The summed E-state index contributed by atoms with van der Waals surface area (Å²) >= 11 is 0. The Morgan fingerprint density at radius 1 is 0.345 bits per heavy atom. The standard InChI is InChI=1S/2C25H29N4O.C13H17NO.2C12H12N3.C6H2.2Fe.2H2/c2*1-17(2)20-11-9-12-21(18(3)4)23(20)29-25(30)24(22-13-6-8-15-27-22)28-16-19-10-5-7-14-26-19;1-9(2)11-6-5-7-12(10(3)4)13(11)14-8-15;2*1-3-7-14-11(5-1)9-13-10-12-6-2-4-8-15-12;1-3-5-6-4-2;;;;/h2*5-15,17-18,24H,16H2,1-4H3,(H,29,30);5-7,9-10H,1-4H3;2*1-8H,9-10H2;1-2H;;;2*1H/q2*-1;;2*-1;;2*+2;;. The fraction of sp³-hybridized carbons (Fsp3) is 0.280. The number of nitrogens with zero attached hydrogens (tertiary/aromatic N) is 13. The Bertz CT molecular complexity index is 4310. The molecule has 3 aromatic carbocycles. The number of benzene rings is 3. The van der Waals surface area contributed by atoms with Crippen LogP contribution in [0.4, 0.5) is 17.1 Å². The molecule has 8 heterocycles. The average Bonchev–Trinajstić information content (AvgIpc) is 0.816. The minimum absolute atomic E-state index is 0. The van der Waals surface area contributed by atoms with Gasteiger partial charge in [0.2, 0.25) is 17.9 Å². The van der Waals surface area contributed by atoms with Crippen LogP contribution in [0.5, 0.6) is 0 Å². The van der Waals surface area contributed by atoms with E-state index in [1.807, 2.05) is 164 Å². The molecule has 0 aliphatic heterocycles. The number of para-hydroxylation sites is 3. The van der Waals surface area contributed by atoms with Crippen LogP contribution in [0.25, 0.3) is 21.3 Å². The van der Waals surface area contributed by atoms with Crippen LogP contribution in [0.15, 0.2) is 255 Å². The van der Waals surface area contributed by atoms with Crippen molar-refractivity contribution in [3.63, 3.8) is 0 Å². The number of hydrogen-bond acceptors (Lipinski definition) is 12. The SMILES string of the molecule is C#CC#CC#C.CC(C)c1cccc(C(C)C)c1N=C=O.CC(C)c1cccc(C(C)C)c1NC(=O)C([N-]Cc1ccccn1)c1ccccn1.CC(C)c1cccc(C(C)C)c1NC(=O)C([N-]Cc1ccccn1)c1ccccn1.[Fe+2].[Fe+2].[HH].[HH].c1ccc(C[N-]Cc2ccccn2)nc1.c1ccc(C[N-]Cc2ccccn2)nc1. The third-order valence-electron chi connectivity index (χ3n) is 16.7. The van der Waals surface area contributed by atoms with E-state index in [0.717, 1.165) is 84.6 Å². The first-order valence-electron chi connectivity index (χ1n) is 37.1. The summed E-state index contributed by atoms with van der Waals surface area (Å²) in [4.78, 5) is 75.3. The van der Waals surface area contributed by atoms with Crippen molar-refractivity contribution >= 4 is 35.0 Å². The van der Waals surface area contributed by atoms with Crippen LogP contribution in [0, 0.1) is 36.5 Å². The molecule has 2 atom stereocenters. The second-order valence-corrected chi connectivity index (χ2v) is 27.1. The number of carbonyl (C=O) groups excluding carboxylic acids is 3. The Balaban J connectivity index is 0.000000491. The Labute approximate surface area is 693 Å². The largest absolute Gasteiger partial charge is 2.00 e. The number of aromatic nitrogens is 8. The first-order chi connectivity index (χ1) is 53.8. The number of isocyanates is 1. The summed E-state index contributed by atoms with van der Waals surface area (Å²) in [6.07, 6.45) is 25.0. The van der Waals surface area contributed by atoms with Gasteiger partial charge in [-0.1, -0.05) is 186 Å². The Hall–Kier alpha value is -11.3. The van der Waals surface area contributed by atoms with E-state index in [9.17, 15) is 14.4 Å². The molecule has 11 rings (SSSR count). The summed E-state index contributed by atoms with van der Waals surface area (Å²) in [5.41, 5.74) is 16.2. The normalized spacial score (nSPS) is 10.7. The minimum Gasteiger partial charge on any atom is -0.652 e. The van der Waals surface area contributed by atoms with Gasteiger partial charge in [0.1, 0.15) is 0 Å². The van der Waals surface area contributed by atoms with Gasteiger partial charge in [-0.15, -0.1) is 52.1 Å². The van der Waals surface area contributed by atoms with Gasteiger partial charge in [0.05, 0.1) is 5.69 Å². The predicted octanol–water partition coefficient (Wildman–Crippen LogP) is 21.7. The molecule has 0 radical (unpaired) electrons. The van der Waals surface area contributed by atoms with Crippen LogP contribution in [0.1, 0.15) is 212 Å². The molecule has 0 saturated heterocycles. The molecule has 0 spiro atoms. The van der Waals surface area contributed by atoms with E-state index in [2.05, 4.69) is 220 Å². The van der Waals surface area contributed by atoms with Gasteiger partial charge in [0, 0.05) is 109 Å². The number of hydrogen-bond donors (Lipinski definition) is 2. The van der Waals surface area contributed by atoms with Gasteiger partial charge in [-0.2, -0.15) is 4.99 Å². The topological polar surface area (TPSA) is 247 Å². The Kier molecular flexibility index (Phi) is 44.6. The molecule has 2 unspecified atom stereocenters. The molecule has 0 bridgehead atoms. The summed E-state index contributed by atoms with van der Waals surface area (Å²) < 4.78 is 0. The maximum atomic E-state index is 13.4. The second-order valence-electron chi connectivity index (χ2n) is 27.1. The number of terminal acetylenes is 2. The molecule has 2 N–H and O–H groups in total. The molecule has 113 heavy (non-hydrogen) atoms. The number of rotatable bonds is 27. The van der Waals surface area contributed by atoms with Crippen LogP contribution >= 0.6 is 0 Å². The molecule has 0 fully saturated rings. The van der Waals surface area contributed by atoms with Crippen LogP contribution in [0.2, 0.25) is 0 Å². The maximum absolute atomic E-state index is 13.4. The Morgan fingerprint density at radius 3 is 0.796 bits per heavy atom. The molecule has 2 amide bonds. The zero-order valence-electron chi connectivity index (χ0n) is 66.4. The van der Waals surface area contributed by atoms with Crippen molar-refractivity contribution in [1.29, 1.82) is 0 Å². The van der Waals surface area contributed by atoms with Gasteiger partial charge in [-0.3, -0.25) is 49.5 Å². The fourth-order valence-electron chi connectivity index (χ4n) is 11.1. The van der Waals surface area contributed by atoms with E-state index in [1.165, 1.54) is 0 Å². The third-order valence-corrected chi connectivity index (χ3v) is 16.7. The number of carbonyl (C=O) groups is 2. The molecule has 20 heteroatoms. The predicted molar refractivity (Wildman–Crippen MR) is 454 cm³/mol. The molecule has 0 aliphatic carbocycles. The molecule has 0 saturated carbocycles. The molecule has 0 aliphatic rings. The maximum Gasteiger partial charge on any atom is 2.00 e. The van der Waals surface area contributed by atoms with Crippen molar-refractivity contribution in [2.75, 3.05) is 10.6 Å². The molecule has 18 nitrogen and oxygen atoms in total. The van der Waals surface area contributed by atoms with E-state index < -0.39 is 12.1 Å². The molecule has 8 aromatic heterocycles. The summed E-state index contributed by atoms with van der Waals surface area (Å²) in [7, 11) is 0. The first kappa shape index (κ1) is 94.1. The van der Waals surface area contributed by atoms with Gasteiger partial charge in [0.15, 0.2) is 0 Å². The number of amides is 2. The van der Waals surface area contributed by atoms with Gasteiger partial charge in [0.25, 0.3) is 0 Å². The van der Waals surface area contributed by atoms with Crippen LogP contribution in [-0.2, 0) is 87.8 Å². The summed E-state index contributed by atoms with van der Waals surface area (Å²) in [5, 5.41) is 24.5. The zero-order valence-corrected chi connectivity index (χ0v) is 68.6. The second kappa shape index (κ2) is 53.6. The molecular weight excluding hydrogens is 1490 g/mol. The number of nitrogens with one attached hydrogen (secondary N) is 2. The molecule has 586 valence electrons. The van der Waals surface area contributed by atoms with Crippen molar-refractivity contribution in [2.45, 2.75) is 170 Å².